The molecular formula is C18H17ClN4O2S. The summed E-state index contributed by atoms with van der Waals surface area (Å²) in [5, 5.41) is 5.89. The Morgan fingerprint density at radius 3 is 2.88 bits per heavy atom. The van der Waals surface area contributed by atoms with Crippen LogP contribution in [0.4, 0.5) is 0 Å². The molecule has 4 rings (SSSR count). The highest BCUT2D eigenvalue weighted by molar-refractivity contribution is 7.99. The lowest BCUT2D eigenvalue weighted by Crippen LogP contribution is -2.22. The molecule has 1 aliphatic carbocycles. The van der Waals surface area contributed by atoms with E-state index in [1.54, 1.807) is 17.8 Å². The van der Waals surface area contributed by atoms with Crippen LogP contribution in [0.15, 0.2) is 35.6 Å². The number of ether oxygens (including phenoxy) is 1. The van der Waals surface area contributed by atoms with Crippen molar-refractivity contribution >= 4 is 34.9 Å². The zero-order valence-electron chi connectivity index (χ0n) is 14.2. The highest BCUT2D eigenvalue weighted by Gasteiger charge is 2.29. The molecule has 0 amide bonds. The van der Waals surface area contributed by atoms with E-state index in [4.69, 9.17) is 16.3 Å². The number of ketones is 1. The van der Waals surface area contributed by atoms with Crippen molar-refractivity contribution in [1.82, 2.24) is 19.6 Å². The van der Waals surface area contributed by atoms with Gasteiger partial charge in [0.2, 0.25) is 5.16 Å². The summed E-state index contributed by atoms with van der Waals surface area (Å²) < 4.78 is 6.77. The minimum Gasteiger partial charge on any atom is -0.384 e. The third kappa shape index (κ3) is 3.34. The molecule has 1 aliphatic rings. The number of Topliss-reactive ketones (excluding diaryl/α,β-unsaturated/α-hetero) is 1. The highest BCUT2D eigenvalue weighted by Crippen LogP contribution is 2.33. The third-order valence-electron chi connectivity index (χ3n) is 4.48. The molecule has 1 unspecified atom stereocenters. The standard InChI is InChI=1S/C18H17ClN4O2S/c1-25-6-7-26-18-21-17-20-10-14-15(23(17)22-18)8-12(9-16(14)24)11-2-4-13(19)5-3-11/h2-5,10,12H,6-9H2,1H3. The molecule has 0 radical (unpaired) electrons. The van der Waals surface area contributed by atoms with Crippen molar-refractivity contribution in [2.24, 2.45) is 0 Å². The third-order valence-corrected chi connectivity index (χ3v) is 5.53. The van der Waals surface area contributed by atoms with Crippen LogP contribution in [0, 0.1) is 0 Å². The van der Waals surface area contributed by atoms with Crippen LogP contribution >= 0.6 is 23.4 Å². The molecule has 26 heavy (non-hydrogen) atoms. The quantitative estimate of drug-likeness (QED) is 0.492. The predicted molar refractivity (Wildman–Crippen MR) is 100 cm³/mol. The molecule has 6 nitrogen and oxygen atoms in total. The topological polar surface area (TPSA) is 69.4 Å². The van der Waals surface area contributed by atoms with E-state index in [1.165, 1.54) is 11.8 Å². The first-order valence-electron chi connectivity index (χ1n) is 8.30. The van der Waals surface area contributed by atoms with Crippen LogP contribution in [0.2, 0.25) is 5.02 Å². The fourth-order valence-electron chi connectivity index (χ4n) is 3.18. The largest absolute Gasteiger partial charge is 0.384 e. The summed E-state index contributed by atoms with van der Waals surface area (Å²) in [7, 11) is 1.66. The second-order valence-electron chi connectivity index (χ2n) is 6.15. The lowest BCUT2D eigenvalue weighted by molar-refractivity contribution is 0.0962. The van der Waals surface area contributed by atoms with E-state index < -0.39 is 0 Å². The molecule has 134 valence electrons. The van der Waals surface area contributed by atoms with Gasteiger partial charge in [-0.25, -0.2) is 4.98 Å². The molecule has 0 spiro atoms. The van der Waals surface area contributed by atoms with Crippen molar-refractivity contribution in [2.45, 2.75) is 23.9 Å². The number of rotatable bonds is 5. The Hall–Kier alpha value is -1.96. The SMILES string of the molecule is COCCSc1nc2ncc3c(n2n1)CC(c1ccc(Cl)cc1)CC3=O. The molecule has 0 N–H and O–H groups in total. The van der Waals surface area contributed by atoms with Crippen LogP contribution in [0.5, 0.6) is 0 Å². The van der Waals surface area contributed by atoms with Crippen LogP contribution in [-0.4, -0.2) is 44.8 Å². The molecule has 8 heteroatoms. The summed E-state index contributed by atoms with van der Waals surface area (Å²) in [6.07, 6.45) is 2.81. The number of benzene rings is 1. The van der Waals surface area contributed by atoms with Crippen LogP contribution in [0.25, 0.3) is 5.78 Å². The number of aromatic nitrogens is 4. The predicted octanol–water partition coefficient (Wildman–Crippen LogP) is 3.43. The molecular weight excluding hydrogens is 372 g/mol. The number of hydrogen-bond donors (Lipinski definition) is 0. The van der Waals surface area contributed by atoms with Gasteiger partial charge in [0.1, 0.15) is 0 Å². The van der Waals surface area contributed by atoms with Crippen molar-refractivity contribution in [3.63, 3.8) is 0 Å². The highest BCUT2D eigenvalue weighted by atomic mass is 35.5. The van der Waals surface area contributed by atoms with Gasteiger partial charge in [0.15, 0.2) is 5.78 Å². The van der Waals surface area contributed by atoms with Crippen molar-refractivity contribution in [1.29, 1.82) is 0 Å². The number of methoxy groups -OCH3 is 1. The van der Waals surface area contributed by atoms with Crippen molar-refractivity contribution in [3.05, 3.63) is 52.3 Å². The first kappa shape index (κ1) is 17.5. The van der Waals surface area contributed by atoms with Gasteiger partial charge < -0.3 is 4.74 Å². The van der Waals surface area contributed by atoms with E-state index in [-0.39, 0.29) is 11.7 Å². The molecule has 0 saturated carbocycles. The Bertz CT molecular complexity index is 958. The van der Waals surface area contributed by atoms with Gasteiger partial charge in [-0.3, -0.25) is 4.79 Å². The van der Waals surface area contributed by atoms with E-state index in [0.717, 1.165) is 17.0 Å². The number of thioether (sulfide) groups is 1. The van der Waals surface area contributed by atoms with Gasteiger partial charge in [-0.05, 0) is 30.0 Å². The summed E-state index contributed by atoms with van der Waals surface area (Å²) in [4.78, 5) is 21.4. The average Bonchev–Trinajstić information content (AvgIpc) is 3.06. The first-order valence-corrected chi connectivity index (χ1v) is 9.67. The minimum atomic E-state index is 0.0877. The fourth-order valence-corrected chi connectivity index (χ4v) is 4.02. The Morgan fingerprint density at radius 2 is 2.12 bits per heavy atom. The van der Waals surface area contributed by atoms with Gasteiger partial charge in [-0.2, -0.15) is 9.50 Å². The van der Waals surface area contributed by atoms with E-state index in [0.29, 0.717) is 41.0 Å². The fraction of sp³-hybridized carbons (Fsp3) is 0.333. The Morgan fingerprint density at radius 1 is 1.31 bits per heavy atom. The smallest absolute Gasteiger partial charge is 0.253 e. The normalized spacial score (nSPS) is 16.8. The number of hydrogen-bond acceptors (Lipinski definition) is 6. The van der Waals surface area contributed by atoms with E-state index in [1.807, 2.05) is 24.3 Å². The summed E-state index contributed by atoms with van der Waals surface area (Å²) in [5.74, 6) is 1.48. The van der Waals surface area contributed by atoms with Gasteiger partial charge >= 0.3 is 0 Å². The van der Waals surface area contributed by atoms with Gasteiger partial charge in [-0.15, -0.1) is 5.10 Å². The lowest BCUT2D eigenvalue weighted by Gasteiger charge is -2.23. The van der Waals surface area contributed by atoms with Gasteiger partial charge in [0.05, 0.1) is 17.9 Å². The van der Waals surface area contributed by atoms with Crippen molar-refractivity contribution < 1.29 is 9.53 Å². The number of carbonyl (C=O) groups excluding carboxylic acids is 1. The van der Waals surface area contributed by atoms with Gasteiger partial charge in [0.25, 0.3) is 5.78 Å². The summed E-state index contributed by atoms with van der Waals surface area (Å²) in [5.41, 5.74) is 2.62. The molecule has 1 aromatic carbocycles. The first-order chi connectivity index (χ1) is 12.7. The Kier molecular flexibility index (Phi) is 4.93. The zero-order chi connectivity index (χ0) is 18.1. The van der Waals surface area contributed by atoms with Crippen LogP contribution < -0.4 is 0 Å². The van der Waals surface area contributed by atoms with Gasteiger partial charge in [0, 0.05) is 30.5 Å². The van der Waals surface area contributed by atoms with Crippen molar-refractivity contribution in [2.75, 3.05) is 19.5 Å². The monoisotopic (exact) mass is 388 g/mol. The average molecular weight is 389 g/mol. The molecule has 1 atom stereocenters. The lowest BCUT2D eigenvalue weighted by atomic mass is 9.82. The molecule has 2 aromatic heterocycles. The minimum absolute atomic E-state index is 0.0877. The zero-order valence-corrected chi connectivity index (χ0v) is 15.8. The molecule has 0 saturated heterocycles. The maximum Gasteiger partial charge on any atom is 0.253 e. The maximum absolute atomic E-state index is 12.6. The number of carbonyl (C=O) groups is 1. The molecule has 3 aromatic rings. The Balaban J connectivity index is 1.68. The van der Waals surface area contributed by atoms with Gasteiger partial charge in [-0.1, -0.05) is 35.5 Å². The maximum atomic E-state index is 12.6. The number of fused-ring (bicyclic) bond motifs is 3. The Labute approximate surface area is 159 Å². The second kappa shape index (κ2) is 7.34. The van der Waals surface area contributed by atoms with Crippen LogP contribution in [0.3, 0.4) is 0 Å². The van der Waals surface area contributed by atoms with Crippen molar-refractivity contribution in [3.8, 4) is 0 Å². The van der Waals surface area contributed by atoms with E-state index in [9.17, 15) is 4.79 Å². The van der Waals surface area contributed by atoms with E-state index >= 15 is 0 Å². The number of halogens is 1. The molecule has 0 bridgehead atoms. The summed E-state index contributed by atoms with van der Waals surface area (Å²) >= 11 is 7.50. The molecule has 0 fully saturated rings. The van der Waals surface area contributed by atoms with Crippen LogP contribution in [-0.2, 0) is 11.2 Å². The number of nitrogens with zero attached hydrogens (tertiary/aromatic N) is 4. The second-order valence-corrected chi connectivity index (χ2v) is 7.64. The molecule has 0 aliphatic heterocycles. The summed E-state index contributed by atoms with van der Waals surface area (Å²) in [6.45, 7) is 0.628. The van der Waals surface area contributed by atoms with E-state index in [2.05, 4.69) is 15.1 Å². The molecule has 2 heterocycles. The van der Waals surface area contributed by atoms with Crippen LogP contribution in [0.1, 0.15) is 34.0 Å². The summed E-state index contributed by atoms with van der Waals surface area (Å²) in [6, 6.07) is 7.69.